The number of hydrogen-bond donors (Lipinski definition) is 1. The summed E-state index contributed by atoms with van der Waals surface area (Å²) >= 11 is 4.91. The van der Waals surface area contributed by atoms with Crippen LogP contribution < -0.4 is 24.8 Å². The number of pyridine rings is 1. The van der Waals surface area contributed by atoms with E-state index in [-0.39, 0.29) is 16.5 Å². The van der Waals surface area contributed by atoms with Crippen LogP contribution in [0.5, 0.6) is 23.0 Å². The zero-order chi connectivity index (χ0) is 31.2. The van der Waals surface area contributed by atoms with E-state index in [1.807, 2.05) is 0 Å². The highest BCUT2D eigenvalue weighted by atomic mass is 32.1. The Labute approximate surface area is 261 Å². The van der Waals surface area contributed by atoms with E-state index in [9.17, 15) is 9.18 Å². The van der Waals surface area contributed by atoms with Gasteiger partial charge in [0.05, 0.1) is 18.3 Å². The van der Waals surface area contributed by atoms with Crippen molar-refractivity contribution in [2.75, 3.05) is 58.4 Å². The molecule has 1 amide bonds. The SMILES string of the molecule is COc1cc2c(Oc3ccc(N(C(C)=O)C(N)=S)cc3F)ccnc2cc1OCCN1CCCN(C)CC1.c1cc2cc-2c1. The van der Waals surface area contributed by atoms with Crippen LogP contribution in [0.15, 0.2) is 66.9 Å². The van der Waals surface area contributed by atoms with Crippen molar-refractivity contribution in [1.29, 1.82) is 0 Å². The number of nitrogens with two attached hydrogens (primary N) is 1. The predicted octanol–water partition coefficient (Wildman–Crippen LogP) is 5.45. The topological polar surface area (TPSA) is 93.4 Å². The second-order valence-electron chi connectivity index (χ2n) is 10.7. The average Bonchev–Trinajstić information content (AvgIpc) is 3.66. The van der Waals surface area contributed by atoms with Crippen LogP contribution in [-0.2, 0) is 4.79 Å². The minimum Gasteiger partial charge on any atom is -0.493 e. The lowest BCUT2D eigenvalue weighted by Crippen LogP contribution is -2.39. The van der Waals surface area contributed by atoms with Gasteiger partial charge in [0, 0.05) is 50.3 Å². The zero-order valence-corrected chi connectivity index (χ0v) is 25.9. The number of carbonyl (C=O) groups excluding carboxylic acids is 1. The van der Waals surface area contributed by atoms with Gasteiger partial charge >= 0.3 is 0 Å². The number of halogens is 1. The lowest BCUT2D eigenvalue weighted by atomic mass is 10.1. The van der Waals surface area contributed by atoms with Crippen molar-refractivity contribution in [2.45, 2.75) is 13.3 Å². The fourth-order valence-electron chi connectivity index (χ4n) is 5.07. The second kappa shape index (κ2) is 14.0. The van der Waals surface area contributed by atoms with Crippen LogP contribution in [0.25, 0.3) is 22.0 Å². The standard InChI is InChI=1S/C27H32FN5O4S.C6H4/c1-18(34)33(27(29)38)19-5-6-24(21(28)15-19)37-23-7-8-30-22-17-26(25(35-3)16-20(22)23)36-14-13-32-10-4-9-31(2)11-12-32;1-2-5-4-6(5)3-1/h5-8,15-17H,4,9-14H2,1-3H3,(H2,29,38);1-4H. The quantitative estimate of drug-likeness (QED) is 0.228. The van der Waals surface area contributed by atoms with E-state index in [1.54, 1.807) is 31.5 Å². The lowest BCUT2D eigenvalue weighted by Gasteiger charge is -2.21. The summed E-state index contributed by atoms with van der Waals surface area (Å²) < 4.78 is 32.5. The molecular formula is C33H36FN5O4S. The maximum Gasteiger partial charge on any atom is 0.230 e. The van der Waals surface area contributed by atoms with Gasteiger partial charge in [-0.3, -0.25) is 19.6 Å². The summed E-state index contributed by atoms with van der Waals surface area (Å²) in [6, 6.07) is 17.8. The number of hydrogen-bond acceptors (Lipinski definition) is 8. The number of carbonyl (C=O) groups is 1. The summed E-state index contributed by atoms with van der Waals surface area (Å²) in [6.07, 6.45) is 2.72. The van der Waals surface area contributed by atoms with Gasteiger partial charge < -0.3 is 24.8 Å². The molecule has 0 unspecified atom stereocenters. The van der Waals surface area contributed by atoms with E-state index >= 15 is 0 Å². The Kier molecular flexibility index (Phi) is 9.89. The van der Waals surface area contributed by atoms with E-state index in [0.29, 0.717) is 34.8 Å². The molecular weight excluding hydrogens is 581 g/mol. The minimum atomic E-state index is -0.679. The number of thiocarbonyl (C=S) groups is 1. The number of fused-ring (bicyclic) bond motifs is 2. The number of ether oxygens (including phenoxy) is 3. The van der Waals surface area contributed by atoms with Gasteiger partial charge in [-0.05, 0) is 80.2 Å². The molecule has 44 heavy (non-hydrogen) atoms. The van der Waals surface area contributed by atoms with E-state index in [4.69, 9.17) is 32.2 Å². The number of nitrogens with zero attached hydrogens (tertiary/aromatic N) is 4. The smallest absolute Gasteiger partial charge is 0.230 e. The Morgan fingerprint density at radius 3 is 2.43 bits per heavy atom. The molecule has 2 aliphatic carbocycles. The molecule has 1 saturated heterocycles. The van der Waals surface area contributed by atoms with Gasteiger partial charge in [0.1, 0.15) is 12.4 Å². The number of rotatable bonds is 8. The first kappa shape index (κ1) is 31.1. The number of likely N-dealkylation sites (N-methyl/N-ethyl adjacent to an activating group) is 1. The Morgan fingerprint density at radius 2 is 1.80 bits per heavy atom. The van der Waals surface area contributed by atoms with E-state index in [2.05, 4.69) is 46.1 Å². The third-order valence-corrected chi connectivity index (χ3v) is 7.69. The molecule has 230 valence electrons. The molecule has 0 saturated carbocycles. The molecule has 0 atom stereocenters. The van der Waals surface area contributed by atoms with Crippen molar-refractivity contribution in [1.82, 2.24) is 14.8 Å². The summed E-state index contributed by atoms with van der Waals surface area (Å²) in [5.41, 5.74) is 9.29. The molecule has 11 heteroatoms. The van der Waals surface area contributed by atoms with E-state index in [1.165, 1.54) is 30.2 Å². The molecule has 1 aliphatic heterocycles. The monoisotopic (exact) mass is 617 g/mol. The van der Waals surface area contributed by atoms with E-state index in [0.717, 1.165) is 50.1 Å². The summed E-state index contributed by atoms with van der Waals surface area (Å²) in [5, 5.41) is 0.457. The predicted molar refractivity (Wildman–Crippen MR) is 174 cm³/mol. The highest BCUT2D eigenvalue weighted by Gasteiger charge is 2.19. The van der Waals surface area contributed by atoms with Crippen molar-refractivity contribution in [3.63, 3.8) is 0 Å². The summed E-state index contributed by atoms with van der Waals surface area (Å²) in [5.74, 6) is 0.356. The van der Waals surface area contributed by atoms with Gasteiger partial charge in [-0.2, -0.15) is 0 Å². The normalized spacial score (nSPS) is 14.2. The fraction of sp³-hybridized carbons (Fsp3) is 0.303. The molecule has 3 aromatic rings. The molecule has 2 heterocycles. The van der Waals surface area contributed by atoms with Gasteiger partial charge in [-0.15, -0.1) is 0 Å². The Bertz CT molecular complexity index is 1640. The lowest BCUT2D eigenvalue weighted by molar-refractivity contribution is -0.115. The molecule has 0 radical (unpaired) electrons. The van der Waals surface area contributed by atoms with Crippen molar-refractivity contribution in [3.8, 4) is 34.1 Å². The molecule has 9 nitrogen and oxygen atoms in total. The molecule has 0 bridgehead atoms. The Morgan fingerprint density at radius 1 is 1.00 bits per heavy atom. The highest BCUT2D eigenvalue weighted by molar-refractivity contribution is 7.80. The first-order valence-corrected chi connectivity index (χ1v) is 14.8. The van der Waals surface area contributed by atoms with Crippen molar-refractivity contribution < 1.29 is 23.4 Å². The average molecular weight is 618 g/mol. The maximum atomic E-state index is 15.0. The number of anilines is 1. The van der Waals surface area contributed by atoms with Crippen LogP contribution in [0.3, 0.4) is 0 Å². The number of methoxy groups -OCH3 is 1. The van der Waals surface area contributed by atoms with Gasteiger partial charge in [0.15, 0.2) is 28.2 Å². The summed E-state index contributed by atoms with van der Waals surface area (Å²) in [4.78, 5) is 22.1. The van der Waals surface area contributed by atoms with Crippen LogP contribution in [0.1, 0.15) is 13.3 Å². The van der Waals surface area contributed by atoms with Crippen LogP contribution in [0.2, 0.25) is 0 Å². The van der Waals surface area contributed by atoms with Gasteiger partial charge in [0.25, 0.3) is 0 Å². The first-order valence-electron chi connectivity index (χ1n) is 14.4. The number of aromatic nitrogens is 1. The molecule has 3 aliphatic rings. The third-order valence-electron chi connectivity index (χ3n) is 7.51. The van der Waals surface area contributed by atoms with Crippen molar-refractivity contribution >= 4 is 39.8 Å². The molecule has 0 spiro atoms. The molecule has 2 aromatic carbocycles. The van der Waals surface area contributed by atoms with Gasteiger partial charge in [0.2, 0.25) is 5.91 Å². The maximum absolute atomic E-state index is 15.0. The van der Waals surface area contributed by atoms with Crippen LogP contribution in [0, 0.1) is 5.82 Å². The third kappa shape index (κ3) is 7.60. The number of amides is 1. The summed E-state index contributed by atoms with van der Waals surface area (Å²) in [6.45, 7) is 6.85. The molecule has 1 fully saturated rings. The van der Waals surface area contributed by atoms with Gasteiger partial charge in [-0.1, -0.05) is 18.2 Å². The largest absolute Gasteiger partial charge is 0.493 e. The minimum absolute atomic E-state index is 0.0323. The van der Waals surface area contributed by atoms with Gasteiger partial charge in [-0.25, -0.2) is 4.39 Å². The Balaban J connectivity index is 0.000000561. The molecule has 1 aromatic heterocycles. The second-order valence-corrected chi connectivity index (χ2v) is 11.1. The zero-order valence-electron chi connectivity index (χ0n) is 25.1. The van der Waals surface area contributed by atoms with Crippen molar-refractivity contribution in [2.24, 2.45) is 5.73 Å². The Hall–Kier alpha value is -4.32. The van der Waals surface area contributed by atoms with Crippen LogP contribution in [-0.4, -0.2) is 79.3 Å². The molecule has 6 rings (SSSR count). The van der Waals surface area contributed by atoms with Crippen molar-refractivity contribution in [3.05, 3.63) is 72.7 Å². The summed E-state index contributed by atoms with van der Waals surface area (Å²) in [7, 11) is 3.71. The van der Waals surface area contributed by atoms with E-state index < -0.39 is 11.7 Å². The molecule has 2 N–H and O–H groups in total. The fourth-order valence-corrected chi connectivity index (χ4v) is 5.30. The van der Waals surface area contributed by atoms with Crippen LogP contribution >= 0.6 is 12.2 Å². The highest BCUT2D eigenvalue weighted by Crippen LogP contribution is 2.38. The van der Waals surface area contributed by atoms with Crippen LogP contribution in [0.4, 0.5) is 10.1 Å². The first-order chi connectivity index (χ1) is 21.2. The number of benzene rings is 3.